The summed E-state index contributed by atoms with van der Waals surface area (Å²) in [4.78, 5) is 0. The third kappa shape index (κ3) is 13.9. The van der Waals surface area contributed by atoms with E-state index < -0.39 is 0 Å². The molecule has 0 aromatic heterocycles. The van der Waals surface area contributed by atoms with Gasteiger partial charge >= 0.3 is 0 Å². The minimum absolute atomic E-state index is 0.965. The molecule has 0 heterocycles. The first kappa shape index (κ1) is 19.4. The molecule has 0 nitrogen and oxygen atoms in total. The van der Waals surface area contributed by atoms with E-state index in [1.807, 2.05) is 0 Å². The lowest BCUT2D eigenvalue weighted by Gasteiger charge is -2.01. The largest absolute Gasteiger partial charge is 0.0883 e. The van der Waals surface area contributed by atoms with E-state index in [4.69, 9.17) is 0 Å². The molecule has 0 N–H and O–H groups in total. The topological polar surface area (TPSA) is 0 Å². The maximum absolute atomic E-state index is 3.39. The number of alkyl halides is 1. The molecule has 114 valence electrons. The van der Waals surface area contributed by atoms with Crippen LogP contribution in [0.1, 0.15) is 66.2 Å². The smallest absolute Gasteiger partial charge is 0.0212 e. The molecule has 0 aromatic carbocycles. The van der Waals surface area contributed by atoms with Crippen LogP contribution in [-0.2, 0) is 0 Å². The van der Waals surface area contributed by atoms with Gasteiger partial charge in [0.25, 0.3) is 0 Å². The molecule has 1 heteroatoms. The Morgan fingerprint density at radius 2 is 1.25 bits per heavy atom. The zero-order chi connectivity index (χ0) is 15.2. The summed E-state index contributed by atoms with van der Waals surface area (Å²) in [5, 5.41) is 0.965. The van der Waals surface area contributed by atoms with Crippen LogP contribution in [0.2, 0.25) is 0 Å². The predicted octanol–water partition coefficient (Wildman–Crippen LogP) is 7.14. The Labute approximate surface area is 134 Å². The third-order valence-corrected chi connectivity index (χ3v) is 3.58. The average molecular weight is 339 g/mol. The van der Waals surface area contributed by atoms with Gasteiger partial charge < -0.3 is 0 Å². The van der Waals surface area contributed by atoms with E-state index >= 15 is 0 Å². The Hall–Kier alpha value is -0.560. The van der Waals surface area contributed by atoms with Crippen LogP contribution in [-0.4, -0.2) is 5.33 Å². The predicted molar refractivity (Wildman–Crippen MR) is 97.6 cm³/mol. The molecule has 0 saturated heterocycles. The Bertz CT molecular complexity index is 352. The lowest BCUT2D eigenvalue weighted by atomic mass is 10.1. The van der Waals surface area contributed by atoms with Crippen molar-refractivity contribution < 1.29 is 0 Å². The summed E-state index contributed by atoms with van der Waals surface area (Å²) in [6.07, 6.45) is 18.6. The van der Waals surface area contributed by atoms with Gasteiger partial charge in [0.15, 0.2) is 0 Å². The Morgan fingerprint density at radius 3 is 1.80 bits per heavy atom. The minimum atomic E-state index is 0.965. The first-order valence-corrected chi connectivity index (χ1v) is 8.84. The Kier molecular flexibility index (Phi) is 13.0. The van der Waals surface area contributed by atoms with Gasteiger partial charge in [-0.2, -0.15) is 0 Å². The monoisotopic (exact) mass is 338 g/mol. The zero-order valence-electron chi connectivity index (χ0n) is 13.7. The molecule has 0 spiro atoms. The van der Waals surface area contributed by atoms with Gasteiger partial charge in [0.05, 0.1) is 0 Å². The van der Waals surface area contributed by atoms with Gasteiger partial charge in [-0.25, -0.2) is 0 Å². The van der Waals surface area contributed by atoms with Gasteiger partial charge in [-0.15, -0.1) is 0 Å². The minimum Gasteiger partial charge on any atom is -0.0883 e. The fourth-order valence-corrected chi connectivity index (χ4v) is 2.21. The molecular formula is C19H31Br. The van der Waals surface area contributed by atoms with Crippen molar-refractivity contribution in [2.45, 2.75) is 66.2 Å². The molecule has 20 heavy (non-hydrogen) atoms. The molecule has 0 rings (SSSR count). The molecule has 0 unspecified atom stereocenters. The number of allylic oxidation sites excluding steroid dienone is 8. The van der Waals surface area contributed by atoms with Crippen LogP contribution in [0.5, 0.6) is 0 Å². The Balaban J connectivity index is 3.82. The number of rotatable bonds is 10. The van der Waals surface area contributed by atoms with Crippen LogP contribution >= 0.6 is 15.9 Å². The highest BCUT2D eigenvalue weighted by atomic mass is 79.9. The van der Waals surface area contributed by atoms with Crippen molar-refractivity contribution in [2.24, 2.45) is 0 Å². The second-order valence-corrected chi connectivity index (χ2v) is 6.31. The summed E-state index contributed by atoms with van der Waals surface area (Å²) in [7, 11) is 0. The molecule has 0 aliphatic carbocycles. The van der Waals surface area contributed by atoms with Gasteiger partial charge in [-0.3, -0.25) is 0 Å². The second kappa shape index (κ2) is 13.4. The van der Waals surface area contributed by atoms with E-state index in [1.165, 1.54) is 48.8 Å². The molecule has 0 radical (unpaired) electrons. The molecule has 0 saturated carbocycles. The van der Waals surface area contributed by atoms with Crippen molar-refractivity contribution in [1.82, 2.24) is 0 Å². The highest BCUT2D eigenvalue weighted by Gasteiger charge is 1.91. The molecule has 0 bridgehead atoms. The van der Waals surface area contributed by atoms with E-state index in [9.17, 15) is 0 Å². The summed E-state index contributed by atoms with van der Waals surface area (Å²) in [5.74, 6) is 0. The zero-order valence-corrected chi connectivity index (χ0v) is 15.3. The summed E-state index contributed by atoms with van der Waals surface area (Å²) in [6, 6.07) is 0. The second-order valence-electron chi connectivity index (χ2n) is 5.66. The van der Waals surface area contributed by atoms with Crippen LogP contribution in [0.3, 0.4) is 0 Å². The summed E-state index contributed by atoms with van der Waals surface area (Å²) < 4.78 is 0. The molecule has 0 aliphatic rings. The van der Waals surface area contributed by atoms with Gasteiger partial charge in [-0.05, 0) is 66.2 Å². The van der Waals surface area contributed by atoms with Crippen molar-refractivity contribution in [3.8, 4) is 0 Å². The Morgan fingerprint density at radius 1 is 0.700 bits per heavy atom. The summed E-state index contributed by atoms with van der Waals surface area (Å²) in [5.41, 5.74) is 4.46. The number of unbranched alkanes of at least 4 members (excludes halogenated alkanes) is 1. The van der Waals surface area contributed by atoms with Gasteiger partial charge in [0, 0.05) is 5.33 Å². The molecule has 0 aromatic rings. The SMILES string of the molecule is CC(C)=CCC/C(C)=C/CC/C(C)=C/CC/C=C/CBr. The molecule has 0 fully saturated rings. The van der Waals surface area contributed by atoms with Gasteiger partial charge in [-0.1, -0.05) is 63.0 Å². The van der Waals surface area contributed by atoms with Crippen molar-refractivity contribution in [3.63, 3.8) is 0 Å². The van der Waals surface area contributed by atoms with Crippen LogP contribution in [0.4, 0.5) is 0 Å². The van der Waals surface area contributed by atoms with Crippen molar-refractivity contribution in [1.29, 1.82) is 0 Å². The highest BCUT2D eigenvalue weighted by molar-refractivity contribution is 9.09. The first-order chi connectivity index (χ1) is 9.56. The number of halogens is 1. The third-order valence-electron chi connectivity index (χ3n) is 3.20. The lowest BCUT2D eigenvalue weighted by molar-refractivity contribution is 0.907. The van der Waals surface area contributed by atoms with Crippen LogP contribution in [0.25, 0.3) is 0 Å². The normalized spacial score (nSPS) is 13.1. The molecule has 0 aliphatic heterocycles. The lowest BCUT2D eigenvalue weighted by Crippen LogP contribution is -1.81. The first-order valence-electron chi connectivity index (χ1n) is 7.71. The van der Waals surface area contributed by atoms with E-state index in [0.29, 0.717) is 0 Å². The highest BCUT2D eigenvalue weighted by Crippen LogP contribution is 2.12. The average Bonchev–Trinajstić information content (AvgIpc) is 2.38. The van der Waals surface area contributed by atoms with Gasteiger partial charge in [0.2, 0.25) is 0 Å². The van der Waals surface area contributed by atoms with E-state index in [1.54, 1.807) is 0 Å². The van der Waals surface area contributed by atoms with E-state index in [-0.39, 0.29) is 0 Å². The van der Waals surface area contributed by atoms with Crippen LogP contribution in [0.15, 0.2) is 47.1 Å². The van der Waals surface area contributed by atoms with Crippen molar-refractivity contribution in [3.05, 3.63) is 47.1 Å². The molecular weight excluding hydrogens is 308 g/mol. The van der Waals surface area contributed by atoms with Crippen molar-refractivity contribution in [2.75, 3.05) is 5.33 Å². The maximum Gasteiger partial charge on any atom is 0.0212 e. The van der Waals surface area contributed by atoms with Crippen molar-refractivity contribution >= 4 is 15.9 Å². The summed E-state index contributed by atoms with van der Waals surface area (Å²) in [6.45, 7) is 8.84. The summed E-state index contributed by atoms with van der Waals surface area (Å²) >= 11 is 3.39. The quantitative estimate of drug-likeness (QED) is 0.225. The fourth-order valence-electron chi connectivity index (χ4n) is 1.95. The van der Waals surface area contributed by atoms with Crippen LogP contribution < -0.4 is 0 Å². The number of hydrogen-bond donors (Lipinski definition) is 0. The molecule has 0 amide bonds. The number of hydrogen-bond acceptors (Lipinski definition) is 0. The van der Waals surface area contributed by atoms with Gasteiger partial charge in [0.1, 0.15) is 0 Å². The van der Waals surface area contributed by atoms with E-state index in [0.717, 1.165) is 11.8 Å². The van der Waals surface area contributed by atoms with Crippen LogP contribution in [0, 0.1) is 0 Å². The fraction of sp³-hybridized carbons (Fsp3) is 0.579. The maximum atomic E-state index is 3.39. The standard InChI is InChI=1S/C19H31Br/c1-17(2)11-9-13-19(4)15-10-14-18(3)12-7-5-6-8-16-20/h6,8,11-12,15H,5,7,9-10,13-14,16H2,1-4H3/b8-6+,18-12+,19-15+. The molecule has 0 atom stereocenters. The van der Waals surface area contributed by atoms with E-state index in [2.05, 4.69) is 74.0 Å².